The largest absolute Gasteiger partial charge is 0.360 e. The Bertz CT molecular complexity index is 394. The minimum absolute atomic E-state index is 0.254. The molecule has 1 N–H and O–H groups in total. The summed E-state index contributed by atoms with van der Waals surface area (Å²) in [4.78, 5) is 2.86. The molecule has 1 nitrogen and oxygen atoms in total. The lowest BCUT2D eigenvalue weighted by Crippen LogP contribution is -1.71. The van der Waals surface area contributed by atoms with Gasteiger partial charge in [-0.15, -0.1) is 0 Å². The van der Waals surface area contributed by atoms with Gasteiger partial charge in [0.05, 0.1) is 5.02 Å². The predicted molar refractivity (Wildman–Crippen MR) is 43.3 cm³/mol. The number of halogens is 2. The van der Waals surface area contributed by atoms with E-state index in [2.05, 4.69) is 4.98 Å². The summed E-state index contributed by atoms with van der Waals surface area (Å²) in [5.41, 5.74) is 0.731. The summed E-state index contributed by atoms with van der Waals surface area (Å²) in [5, 5.41) is 1.48. The van der Waals surface area contributed by atoms with Gasteiger partial charge in [0.2, 0.25) is 0 Å². The zero-order valence-electron chi connectivity index (χ0n) is 5.57. The minimum Gasteiger partial charge on any atom is -0.360 e. The van der Waals surface area contributed by atoms with E-state index in [4.69, 9.17) is 11.6 Å². The van der Waals surface area contributed by atoms with Crippen LogP contribution in [-0.2, 0) is 0 Å². The van der Waals surface area contributed by atoms with E-state index in [0.29, 0.717) is 5.02 Å². The maximum absolute atomic E-state index is 12.6. The number of hydrogen-bond donors (Lipinski definition) is 1. The number of aromatic amines is 1. The first-order valence-corrected chi connectivity index (χ1v) is 3.57. The number of nitrogens with one attached hydrogen (secondary N) is 1. The van der Waals surface area contributed by atoms with Gasteiger partial charge >= 0.3 is 0 Å². The second-order valence-electron chi connectivity index (χ2n) is 2.33. The third-order valence-corrected chi connectivity index (χ3v) is 1.91. The molecule has 11 heavy (non-hydrogen) atoms. The van der Waals surface area contributed by atoms with Crippen molar-refractivity contribution in [1.29, 1.82) is 0 Å². The molecule has 0 amide bonds. The van der Waals surface area contributed by atoms with Crippen LogP contribution in [0.2, 0.25) is 5.02 Å². The SMILES string of the molecule is Fc1ccc2c(Cl)c[nH]c2c1. The number of fused-ring (bicyclic) bond motifs is 1. The zero-order valence-corrected chi connectivity index (χ0v) is 6.32. The van der Waals surface area contributed by atoms with E-state index in [-0.39, 0.29) is 5.82 Å². The molecule has 0 spiro atoms. The van der Waals surface area contributed by atoms with Crippen LogP contribution < -0.4 is 0 Å². The maximum atomic E-state index is 12.6. The molecule has 0 saturated carbocycles. The molecule has 2 aromatic rings. The molecule has 0 aliphatic rings. The molecule has 0 unspecified atom stereocenters. The third kappa shape index (κ3) is 0.994. The second kappa shape index (κ2) is 2.24. The van der Waals surface area contributed by atoms with E-state index in [0.717, 1.165) is 10.9 Å². The molecule has 1 heterocycles. The molecular formula is C8H5ClFN. The molecule has 0 saturated heterocycles. The lowest BCUT2D eigenvalue weighted by Gasteiger charge is -1.89. The standard InChI is InChI=1S/C8H5ClFN/c9-7-4-11-8-3-5(10)1-2-6(7)8/h1-4,11H. The Balaban J connectivity index is 2.86. The molecule has 1 aromatic heterocycles. The van der Waals surface area contributed by atoms with Crippen molar-refractivity contribution in [3.8, 4) is 0 Å². The fraction of sp³-hybridized carbons (Fsp3) is 0. The first-order chi connectivity index (χ1) is 5.27. The van der Waals surface area contributed by atoms with Crippen molar-refractivity contribution in [2.45, 2.75) is 0 Å². The van der Waals surface area contributed by atoms with E-state index in [9.17, 15) is 4.39 Å². The second-order valence-corrected chi connectivity index (χ2v) is 2.73. The highest BCUT2D eigenvalue weighted by Gasteiger charge is 2.00. The fourth-order valence-corrected chi connectivity index (χ4v) is 1.28. The van der Waals surface area contributed by atoms with E-state index < -0.39 is 0 Å². The van der Waals surface area contributed by atoms with Crippen molar-refractivity contribution in [3.05, 3.63) is 35.2 Å². The van der Waals surface area contributed by atoms with E-state index in [1.165, 1.54) is 12.1 Å². The minimum atomic E-state index is -0.254. The Labute approximate surface area is 67.8 Å². The Morgan fingerprint density at radius 2 is 2.18 bits per heavy atom. The van der Waals surface area contributed by atoms with Gasteiger partial charge in [-0.1, -0.05) is 11.6 Å². The Hall–Kier alpha value is -1.02. The maximum Gasteiger partial charge on any atom is 0.125 e. The van der Waals surface area contributed by atoms with Crippen molar-refractivity contribution in [3.63, 3.8) is 0 Å². The first kappa shape index (κ1) is 6.68. The average Bonchev–Trinajstić information content (AvgIpc) is 2.32. The van der Waals surface area contributed by atoms with Crippen LogP contribution in [0.5, 0.6) is 0 Å². The van der Waals surface area contributed by atoms with Gasteiger partial charge in [-0.25, -0.2) is 4.39 Å². The molecule has 0 radical (unpaired) electrons. The number of hydrogen-bond acceptors (Lipinski definition) is 0. The Morgan fingerprint density at radius 1 is 1.36 bits per heavy atom. The van der Waals surface area contributed by atoms with Gasteiger partial charge in [-0.3, -0.25) is 0 Å². The van der Waals surface area contributed by atoms with Crippen LogP contribution in [0.15, 0.2) is 24.4 Å². The molecular weight excluding hydrogens is 165 g/mol. The molecule has 3 heteroatoms. The first-order valence-electron chi connectivity index (χ1n) is 3.19. The lowest BCUT2D eigenvalue weighted by atomic mass is 10.2. The normalized spacial score (nSPS) is 10.7. The highest BCUT2D eigenvalue weighted by Crippen LogP contribution is 2.22. The summed E-state index contributed by atoms with van der Waals surface area (Å²) in [6.07, 6.45) is 1.64. The van der Waals surface area contributed by atoms with Crippen molar-refractivity contribution in [2.24, 2.45) is 0 Å². The van der Waals surface area contributed by atoms with Crippen molar-refractivity contribution < 1.29 is 4.39 Å². The number of aromatic nitrogens is 1. The van der Waals surface area contributed by atoms with Crippen LogP contribution >= 0.6 is 11.6 Å². The lowest BCUT2D eigenvalue weighted by molar-refractivity contribution is 0.629. The summed E-state index contributed by atoms with van der Waals surface area (Å²) in [5.74, 6) is -0.254. The summed E-state index contributed by atoms with van der Waals surface area (Å²) in [6, 6.07) is 4.47. The molecule has 0 aliphatic heterocycles. The summed E-state index contributed by atoms with van der Waals surface area (Å²) >= 11 is 5.77. The summed E-state index contributed by atoms with van der Waals surface area (Å²) in [7, 11) is 0. The van der Waals surface area contributed by atoms with E-state index in [1.807, 2.05) is 0 Å². The van der Waals surface area contributed by atoms with Gasteiger partial charge in [0.1, 0.15) is 5.82 Å². The molecule has 0 fully saturated rings. The van der Waals surface area contributed by atoms with Gasteiger partial charge in [0.25, 0.3) is 0 Å². The van der Waals surface area contributed by atoms with Gasteiger partial charge in [-0.2, -0.15) is 0 Å². The van der Waals surface area contributed by atoms with Gasteiger partial charge < -0.3 is 4.98 Å². The van der Waals surface area contributed by atoms with Crippen LogP contribution in [0.4, 0.5) is 4.39 Å². The molecule has 0 aliphatic carbocycles. The Morgan fingerprint density at radius 3 is 3.00 bits per heavy atom. The quantitative estimate of drug-likeness (QED) is 0.624. The van der Waals surface area contributed by atoms with Gasteiger partial charge in [-0.05, 0) is 18.2 Å². The van der Waals surface area contributed by atoms with Crippen LogP contribution in [-0.4, -0.2) is 4.98 Å². The highest BCUT2D eigenvalue weighted by atomic mass is 35.5. The molecule has 56 valence electrons. The molecule has 1 aromatic carbocycles. The van der Waals surface area contributed by atoms with E-state index >= 15 is 0 Å². The van der Waals surface area contributed by atoms with Crippen LogP contribution in [0, 0.1) is 5.82 Å². The monoisotopic (exact) mass is 169 g/mol. The molecule has 0 bridgehead atoms. The van der Waals surface area contributed by atoms with Crippen molar-refractivity contribution >= 4 is 22.5 Å². The van der Waals surface area contributed by atoms with Crippen LogP contribution in [0.3, 0.4) is 0 Å². The van der Waals surface area contributed by atoms with Crippen molar-refractivity contribution in [2.75, 3.05) is 0 Å². The van der Waals surface area contributed by atoms with Crippen LogP contribution in [0.1, 0.15) is 0 Å². The molecule has 0 atom stereocenters. The van der Waals surface area contributed by atoms with Gasteiger partial charge in [0, 0.05) is 17.1 Å². The smallest absolute Gasteiger partial charge is 0.125 e. The number of H-pyrrole nitrogens is 1. The average molecular weight is 170 g/mol. The summed E-state index contributed by atoms with van der Waals surface area (Å²) < 4.78 is 12.6. The van der Waals surface area contributed by atoms with Gasteiger partial charge in [0.15, 0.2) is 0 Å². The van der Waals surface area contributed by atoms with E-state index in [1.54, 1.807) is 12.3 Å². The Kier molecular flexibility index (Phi) is 1.36. The topological polar surface area (TPSA) is 15.8 Å². The summed E-state index contributed by atoms with van der Waals surface area (Å²) in [6.45, 7) is 0. The number of benzene rings is 1. The predicted octanol–water partition coefficient (Wildman–Crippen LogP) is 2.96. The highest BCUT2D eigenvalue weighted by molar-refractivity contribution is 6.35. The third-order valence-electron chi connectivity index (χ3n) is 1.59. The fourth-order valence-electron chi connectivity index (χ4n) is 1.06. The zero-order chi connectivity index (χ0) is 7.84. The van der Waals surface area contributed by atoms with Crippen LogP contribution in [0.25, 0.3) is 10.9 Å². The molecule has 2 rings (SSSR count). The van der Waals surface area contributed by atoms with Crippen molar-refractivity contribution in [1.82, 2.24) is 4.98 Å². The number of rotatable bonds is 0.